The van der Waals surface area contributed by atoms with E-state index < -0.39 is 10.0 Å². The first-order valence-electron chi connectivity index (χ1n) is 11.7. The third kappa shape index (κ3) is 5.95. The molecule has 2 aromatic carbocycles. The Labute approximate surface area is 204 Å². The second-order valence-corrected chi connectivity index (χ2v) is 10.5. The smallest absolute Gasteiger partial charge is 0.258 e. The summed E-state index contributed by atoms with van der Waals surface area (Å²) in [7, 11) is -1.89. The molecule has 10 heteroatoms. The number of H-pyrrole nitrogens is 1. The number of ether oxygens (including phenoxy) is 1. The van der Waals surface area contributed by atoms with E-state index in [9.17, 15) is 18.0 Å². The van der Waals surface area contributed by atoms with Crippen molar-refractivity contribution in [1.29, 1.82) is 0 Å². The molecule has 4 rings (SSSR count). The fourth-order valence-electron chi connectivity index (χ4n) is 4.20. The lowest BCUT2D eigenvalue weighted by Crippen LogP contribution is -2.34. The molecule has 35 heavy (non-hydrogen) atoms. The monoisotopic (exact) mass is 498 g/mol. The Balaban J connectivity index is 1.42. The number of aryl methyl sites for hydroxylation is 1. The summed E-state index contributed by atoms with van der Waals surface area (Å²) >= 11 is 0. The number of rotatable bonds is 10. The molecular formula is C25H30N4O5S. The van der Waals surface area contributed by atoms with Gasteiger partial charge in [-0.1, -0.05) is 24.3 Å². The van der Waals surface area contributed by atoms with Crippen molar-refractivity contribution in [3.63, 3.8) is 0 Å². The van der Waals surface area contributed by atoms with E-state index in [0.29, 0.717) is 49.4 Å². The van der Waals surface area contributed by atoms with Crippen molar-refractivity contribution in [3.05, 3.63) is 70.3 Å². The van der Waals surface area contributed by atoms with Crippen LogP contribution in [0.15, 0.2) is 58.2 Å². The Hall–Kier alpha value is -3.08. The number of nitrogens with one attached hydrogen (secondary N) is 1. The minimum atomic E-state index is -3.46. The van der Waals surface area contributed by atoms with Gasteiger partial charge in [-0.15, -0.1) is 0 Å². The highest BCUT2D eigenvalue weighted by molar-refractivity contribution is 7.89. The summed E-state index contributed by atoms with van der Waals surface area (Å²) in [6, 6.07) is 13.8. The highest BCUT2D eigenvalue weighted by Gasteiger charge is 2.27. The number of carbonyl (C=O) groups excluding carboxylic acids is 1. The maximum absolute atomic E-state index is 13.0. The summed E-state index contributed by atoms with van der Waals surface area (Å²) in [5.41, 5.74) is 1.21. The highest BCUT2D eigenvalue weighted by Crippen LogP contribution is 2.21. The summed E-state index contributed by atoms with van der Waals surface area (Å²) in [4.78, 5) is 34.6. The van der Waals surface area contributed by atoms with Crippen molar-refractivity contribution in [3.8, 4) is 0 Å². The molecule has 0 spiro atoms. The zero-order valence-electron chi connectivity index (χ0n) is 19.8. The molecule has 0 unspecified atom stereocenters. The van der Waals surface area contributed by atoms with Gasteiger partial charge < -0.3 is 14.6 Å². The second kappa shape index (κ2) is 11.1. The van der Waals surface area contributed by atoms with E-state index in [1.807, 2.05) is 6.07 Å². The number of carbonyl (C=O) groups is 1. The highest BCUT2D eigenvalue weighted by atomic mass is 32.2. The average molecular weight is 499 g/mol. The number of amides is 1. The van der Waals surface area contributed by atoms with Crippen LogP contribution in [0.2, 0.25) is 0 Å². The van der Waals surface area contributed by atoms with Gasteiger partial charge in [0.1, 0.15) is 5.82 Å². The van der Waals surface area contributed by atoms with E-state index in [2.05, 4.69) is 9.97 Å². The molecule has 1 saturated heterocycles. The summed E-state index contributed by atoms with van der Waals surface area (Å²) < 4.78 is 32.1. The number of nitrogens with zero attached hydrogens (tertiary/aromatic N) is 3. The summed E-state index contributed by atoms with van der Waals surface area (Å²) in [6.07, 6.45) is 2.48. The maximum atomic E-state index is 13.0. The van der Waals surface area contributed by atoms with Gasteiger partial charge >= 0.3 is 0 Å². The molecule has 9 nitrogen and oxygen atoms in total. The van der Waals surface area contributed by atoms with Crippen molar-refractivity contribution in [1.82, 2.24) is 19.2 Å². The standard InChI is InChI=1S/C25H30N4O5S/c1-34-17-16-28(18-23-26-22-7-3-2-6-21(22)25(31)27-23)24(30)13-10-19-8-11-20(12-9-19)35(32,33)29-14-4-5-15-29/h2-3,6-9,11-12H,4-5,10,13-18H2,1H3,(H,26,27,31). The minimum absolute atomic E-state index is 0.105. The molecule has 186 valence electrons. The largest absolute Gasteiger partial charge is 0.383 e. The number of aromatic amines is 1. The Kier molecular flexibility index (Phi) is 7.94. The summed E-state index contributed by atoms with van der Waals surface area (Å²) in [5.74, 6) is 0.307. The van der Waals surface area contributed by atoms with Gasteiger partial charge in [0.2, 0.25) is 15.9 Å². The fraction of sp³-hybridized carbons (Fsp3) is 0.400. The molecule has 1 aliphatic rings. The number of hydrogen-bond donors (Lipinski definition) is 1. The SMILES string of the molecule is COCCN(Cc1nc2ccccc2c(=O)[nH]1)C(=O)CCc1ccc(S(=O)(=O)N2CCCC2)cc1. The molecule has 0 aliphatic carbocycles. The number of hydrogen-bond acceptors (Lipinski definition) is 6. The molecule has 1 fully saturated rings. The molecule has 3 aromatic rings. The molecular weight excluding hydrogens is 468 g/mol. The number of methoxy groups -OCH3 is 1. The van der Waals surface area contributed by atoms with Crippen LogP contribution in [-0.2, 0) is 32.5 Å². The number of sulfonamides is 1. The van der Waals surface area contributed by atoms with Crippen LogP contribution in [-0.4, -0.2) is 66.8 Å². The minimum Gasteiger partial charge on any atom is -0.383 e. The lowest BCUT2D eigenvalue weighted by Gasteiger charge is -2.22. The van der Waals surface area contributed by atoms with Gasteiger partial charge in [-0.2, -0.15) is 4.31 Å². The van der Waals surface area contributed by atoms with Crippen molar-refractivity contribution < 1.29 is 17.9 Å². The van der Waals surface area contributed by atoms with Crippen molar-refractivity contribution in [2.45, 2.75) is 37.1 Å². The molecule has 1 amide bonds. The van der Waals surface area contributed by atoms with E-state index in [4.69, 9.17) is 4.74 Å². The normalized spacial score (nSPS) is 14.4. The Bertz CT molecular complexity index is 1330. The number of fused-ring (bicyclic) bond motifs is 1. The molecule has 0 radical (unpaired) electrons. The van der Waals surface area contributed by atoms with Crippen LogP contribution in [0, 0.1) is 0 Å². The van der Waals surface area contributed by atoms with Crippen molar-refractivity contribution >= 4 is 26.8 Å². The van der Waals surface area contributed by atoms with E-state index in [0.717, 1.165) is 18.4 Å². The first-order valence-corrected chi connectivity index (χ1v) is 13.2. The van der Waals surface area contributed by atoms with Gasteiger partial charge in [0.25, 0.3) is 5.56 Å². The van der Waals surface area contributed by atoms with Gasteiger partial charge in [0.05, 0.1) is 29.0 Å². The van der Waals surface area contributed by atoms with Gasteiger partial charge in [0, 0.05) is 33.2 Å². The lowest BCUT2D eigenvalue weighted by molar-refractivity contribution is -0.132. The van der Waals surface area contributed by atoms with Crippen LogP contribution in [0.25, 0.3) is 10.9 Å². The van der Waals surface area contributed by atoms with Gasteiger partial charge in [-0.05, 0) is 49.1 Å². The topological polar surface area (TPSA) is 113 Å². The first kappa shape index (κ1) is 25.0. The van der Waals surface area contributed by atoms with E-state index in [1.54, 1.807) is 54.5 Å². The summed E-state index contributed by atoms with van der Waals surface area (Å²) in [5, 5.41) is 0.501. The Morgan fingerprint density at radius 3 is 2.54 bits per heavy atom. The second-order valence-electron chi connectivity index (χ2n) is 8.59. The van der Waals surface area contributed by atoms with Crippen LogP contribution in [0.3, 0.4) is 0 Å². The molecule has 1 aromatic heterocycles. The molecule has 0 bridgehead atoms. The van der Waals surface area contributed by atoms with E-state index >= 15 is 0 Å². The molecule has 1 N–H and O–H groups in total. The predicted octanol–water partition coefficient (Wildman–Crippen LogP) is 2.32. The van der Waals surface area contributed by atoms with Crippen LogP contribution < -0.4 is 5.56 Å². The van der Waals surface area contributed by atoms with Gasteiger partial charge in [-0.25, -0.2) is 13.4 Å². The van der Waals surface area contributed by atoms with Crippen molar-refractivity contribution in [2.75, 3.05) is 33.4 Å². The Morgan fingerprint density at radius 1 is 1.11 bits per heavy atom. The van der Waals surface area contributed by atoms with Gasteiger partial charge in [0.15, 0.2) is 0 Å². The molecule has 2 heterocycles. The zero-order valence-corrected chi connectivity index (χ0v) is 20.6. The molecule has 0 saturated carbocycles. The van der Waals surface area contributed by atoms with Crippen LogP contribution in [0.5, 0.6) is 0 Å². The molecule has 1 aliphatic heterocycles. The predicted molar refractivity (Wildman–Crippen MR) is 132 cm³/mol. The van der Waals surface area contributed by atoms with Crippen LogP contribution in [0.1, 0.15) is 30.7 Å². The average Bonchev–Trinajstić information content (AvgIpc) is 3.41. The number of para-hydroxylation sites is 1. The summed E-state index contributed by atoms with van der Waals surface area (Å²) in [6.45, 7) is 2.00. The van der Waals surface area contributed by atoms with E-state index in [-0.39, 0.29) is 29.3 Å². The third-order valence-electron chi connectivity index (χ3n) is 6.17. The quantitative estimate of drug-likeness (QED) is 0.459. The Morgan fingerprint density at radius 2 is 1.83 bits per heavy atom. The fourth-order valence-corrected chi connectivity index (χ4v) is 5.72. The molecule has 0 atom stereocenters. The zero-order chi connectivity index (χ0) is 24.8. The lowest BCUT2D eigenvalue weighted by atomic mass is 10.1. The first-order chi connectivity index (χ1) is 16.9. The number of benzene rings is 2. The van der Waals surface area contributed by atoms with Crippen LogP contribution >= 0.6 is 0 Å². The van der Waals surface area contributed by atoms with E-state index in [1.165, 1.54) is 4.31 Å². The van der Waals surface area contributed by atoms with Gasteiger partial charge in [-0.3, -0.25) is 9.59 Å². The van der Waals surface area contributed by atoms with Crippen LogP contribution in [0.4, 0.5) is 0 Å². The number of aromatic nitrogens is 2. The maximum Gasteiger partial charge on any atom is 0.258 e. The third-order valence-corrected chi connectivity index (χ3v) is 8.09. The van der Waals surface area contributed by atoms with Crippen molar-refractivity contribution in [2.24, 2.45) is 0 Å².